The number of aromatic nitrogens is 2. The van der Waals surface area contributed by atoms with Crippen LogP contribution in [0.1, 0.15) is 33.0 Å². The number of carbonyl (C=O) groups excluding carboxylic acids is 1. The van der Waals surface area contributed by atoms with Gasteiger partial charge in [0.1, 0.15) is 5.82 Å². The first-order valence-corrected chi connectivity index (χ1v) is 7.41. The van der Waals surface area contributed by atoms with Crippen molar-refractivity contribution < 1.29 is 13.2 Å². The first-order chi connectivity index (χ1) is 8.60. The molecule has 0 unspecified atom stereocenters. The molecule has 1 heterocycles. The highest BCUT2D eigenvalue weighted by Gasteiger charge is 2.18. The Labute approximate surface area is 113 Å². The lowest BCUT2D eigenvalue weighted by molar-refractivity contribution is -0.122. The third-order valence-corrected chi connectivity index (χ3v) is 3.50. The van der Waals surface area contributed by atoms with Gasteiger partial charge in [-0.3, -0.25) is 4.79 Å². The molecule has 0 aromatic carbocycles. The number of amides is 1. The molecule has 0 radical (unpaired) electrons. The molecule has 7 nitrogen and oxygen atoms in total. The summed E-state index contributed by atoms with van der Waals surface area (Å²) in [5.41, 5.74) is -0.323. The predicted molar refractivity (Wildman–Crippen MR) is 71.0 cm³/mol. The molecule has 108 valence electrons. The summed E-state index contributed by atoms with van der Waals surface area (Å²) >= 11 is 0. The van der Waals surface area contributed by atoms with Gasteiger partial charge in [0.15, 0.2) is 5.03 Å². The molecule has 1 amide bonds. The third-order valence-electron chi connectivity index (χ3n) is 2.13. The number of sulfonamides is 1. The maximum Gasteiger partial charge on any atom is 0.257 e. The van der Waals surface area contributed by atoms with Gasteiger partial charge < -0.3 is 10.3 Å². The van der Waals surface area contributed by atoms with E-state index in [1.165, 1.54) is 6.20 Å². The van der Waals surface area contributed by atoms with Crippen molar-refractivity contribution in [2.75, 3.05) is 6.54 Å². The van der Waals surface area contributed by atoms with Crippen LogP contribution < -0.4 is 10.0 Å². The number of rotatable bonds is 5. The molecule has 0 aliphatic rings. The zero-order valence-electron chi connectivity index (χ0n) is 11.6. The fourth-order valence-electron chi connectivity index (χ4n) is 1.39. The van der Waals surface area contributed by atoms with Crippen molar-refractivity contribution in [3.05, 3.63) is 12.0 Å². The predicted octanol–water partition coefficient (Wildman–Crippen LogP) is 0.301. The SMILES string of the molecule is Cc1ncc(S(=O)(=O)NCCC(=O)NC(C)(C)C)[nH]1. The highest BCUT2D eigenvalue weighted by Crippen LogP contribution is 2.04. The zero-order valence-corrected chi connectivity index (χ0v) is 12.4. The number of hydrogen-bond acceptors (Lipinski definition) is 4. The van der Waals surface area contributed by atoms with E-state index in [1.807, 2.05) is 20.8 Å². The Bertz CT molecular complexity index is 543. The molecule has 0 saturated carbocycles. The second-order valence-electron chi connectivity index (χ2n) is 5.28. The lowest BCUT2D eigenvalue weighted by atomic mass is 10.1. The van der Waals surface area contributed by atoms with Gasteiger partial charge in [0.2, 0.25) is 5.91 Å². The van der Waals surface area contributed by atoms with Crippen LogP contribution in [-0.2, 0) is 14.8 Å². The van der Waals surface area contributed by atoms with Gasteiger partial charge in [-0.2, -0.15) is 0 Å². The largest absolute Gasteiger partial charge is 0.351 e. The average molecular weight is 288 g/mol. The van der Waals surface area contributed by atoms with Gasteiger partial charge in [-0.25, -0.2) is 18.1 Å². The van der Waals surface area contributed by atoms with Crippen LogP contribution in [0.5, 0.6) is 0 Å². The van der Waals surface area contributed by atoms with Crippen LogP contribution in [0, 0.1) is 6.92 Å². The maximum absolute atomic E-state index is 11.8. The Balaban J connectivity index is 2.47. The van der Waals surface area contributed by atoms with Crippen molar-refractivity contribution in [2.24, 2.45) is 0 Å². The number of aromatic amines is 1. The molecule has 0 fully saturated rings. The van der Waals surface area contributed by atoms with E-state index in [0.717, 1.165) is 0 Å². The lowest BCUT2D eigenvalue weighted by Crippen LogP contribution is -2.41. The molecule has 19 heavy (non-hydrogen) atoms. The molecule has 0 spiro atoms. The maximum atomic E-state index is 11.8. The summed E-state index contributed by atoms with van der Waals surface area (Å²) in [5, 5.41) is 2.76. The molecule has 0 atom stereocenters. The van der Waals surface area contributed by atoms with Gasteiger partial charge in [-0.05, 0) is 27.7 Å². The van der Waals surface area contributed by atoms with E-state index in [9.17, 15) is 13.2 Å². The van der Waals surface area contributed by atoms with Gasteiger partial charge in [0.25, 0.3) is 10.0 Å². The minimum atomic E-state index is -3.63. The summed E-state index contributed by atoms with van der Waals surface area (Å²) in [6.45, 7) is 7.30. The summed E-state index contributed by atoms with van der Waals surface area (Å²) in [6, 6.07) is 0. The Morgan fingerprint density at radius 3 is 2.53 bits per heavy atom. The number of imidazole rings is 1. The highest BCUT2D eigenvalue weighted by molar-refractivity contribution is 7.89. The Hall–Kier alpha value is -1.41. The van der Waals surface area contributed by atoms with Crippen LogP contribution in [0.2, 0.25) is 0 Å². The number of hydrogen-bond donors (Lipinski definition) is 3. The second kappa shape index (κ2) is 5.70. The zero-order chi connectivity index (χ0) is 14.7. The molecule has 1 aromatic heterocycles. The second-order valence-corrected chi connectivity index (χ2v) is 7.01. The molecular formula is C11H20N4O3S. The Kier molecular flexibility index (Phi) is 4.70. The van der Waals surface area contributed by atoms with Crippen LogP contribution in [0.25, 0.3) is 0 Å². The number of nitrogens with one attached hydrogen (secondary N) is 3. The molecule has 8 heteroatoms. The molecular weight excluding hydrogens is 268 g/mol. The molecule has 0 aliphatic heterocycles. The van der Waals surface area contributed by atoms with E-state index >= 15 is 0 Å². The van der Waals surface area contributed by atoms with E-state index in [4.69, 9.17) is 0 Å². The minimum absolute atomic E-state index is 0.00114. The summed E-state index contributed by atoms with van der Waals surface area (Å²) in [7, 11) is -3.63. The average Bonchev–Trinajstić information content (AvgIpc) is 2.62. The van der Waals surface area contributed by atoms with Crippen molar-refractivity contribution in [1.82, 2.24) is 20.0 Å². The van der Waals surface area contributed by atoms with E-state index in [1.54, 1.807) is 6.92 Å². The van der Waals surface area contributed by atoms with Crippen molar-refractivity contribution in [1.29, 1.82) is 0 Å². The van der Waals surface area contributed by atoms with E-state index in [-0.39, 0.29) is 29.4 Å². The Morgan fingerprint density at radius 1 is 1.42 bits per heavy atom. The molecule has 0 bridgehead atoms. The van der Waals surface area contributed by atoms with Crippen LogP contribution in [0.15, 0.2) is 11.2 Å². The monoisotopic (exact) mass is 288 g/mol. The van der Waals surface area contributed by atoms with Gasteiger partial charge >= 0.3 is 0 Å². The molecule has 1 aromatic rings. The highest BCUT2D eigenvalue weighted by atomic mass is 32.2. The summed E-state index contributed by atoms with van der Waals surface area (Å²) in [6.07, 6.45) is 1.33. The van der Waals surface area contributed by atoms with E-state index < -0.39 is 10.0 Å². The lowest BCUT2D eigenvalue weighted by Gasteiger charge is -2.20. The number of aryl methyl sites for hydroxylation is 1. The molecule has 0 aliphatic carbocycles. The first kappa shape index (κ1) is 15.6. The van der Waals surface area contributed by atoms with Crippen LogP contribution in [0.3, 0.4) is 0 Å². The van der Waals surface area contributed by atoms with Crippen molar-refractivity contribution in [3.63, 3.8) is 0 Å². The molecule has 0 saturated heterocycles. The molecule has 3 N–H and O–H groups in total. The molecule has 1 rings (SSSR count). The van der Waals surface area contributed by atoms with Crippen LogP contribution in [0.4, 0.5) is 0 Å². The quantitative estimate of drug-likeness (QED) is 0.725. The van der Waals surface area contributed by atoms with Crippen molar-refractivity contribution in [3.8, 4) is 0 Å². The fourth-order valence-corrected chi connectivity index (χ4v) is 2.39. The van der Waals surface area contributed by atoms with Crippen molar-refractivity contribution >= 4 is 15.9 Å². The number of H-pyrrole nitrogens is 1. The minimum Gasteiger partial charge on any atom is -0.351 e. The smallest absolute Gasteiger partial charge is 0.257 e. The van der Waals surface area contributed by atoms with Gasteiger partial charge in [-0.1, -0.05) is 0 Å². The van der Waals surface area contributed by atoms with E-state index in [2.05, 4.69) is 20.0 Å². The van der Waals surface area contributed by atoms with Gasteiger partial charge in [0.05, 0.1) is 6.20 Å². The van der Waals surface area contributed by atoms with Crippen LogP contribution in [-0.4, -0.2) is 36.4 Å². The third kappa shape index (κ3) is 5.39. The normalized spacial score (nSPS) is 12.4. The first-order valence-electron chi connectivity index (χ1n) is 5.92. The topological polar surface area (TPSA) is 104 Å². The Morgan fingerprint density at radius 2 is 2.05 bits per heavy atom. The summed E-state index contributed by atoms with van der Waals surface area (Å²) in [4.78, 5) is 18.0. The van der Waals surface area contributed by atoms with E-state index in [0.29, 0.717) is 5.82 Å². The number of nitrogens with zero attached hydrogens (tertiary/aromatic N) is 1. The summed E-state index contributed by atoms with van der Waals surface area (Å²) in [5.74, 6) is 0.321. The van der Waals surface area contributed by atoms with Crippen LogP contribution >= 0.6 is 0 Å². The summed E-state index contributed by atoms with van der Waals surface area (Å²) < 4.78 is 25.9. The fraction of sp³-hybridized carbons (Fsp3) is 0.636. The standard InChI is InChI=1S/C11H20N4O3S/c1-8-12-7-10(14-8)19(17,18)13-6-5-9(16)15-11(2,3)4/h7,13H,5-6H2,1-4H3,(H,12,14)(H,15,16). The van der Waals surface area contributed by atoms with Gasteiger partial charge in [0, 0.05) is 18.5 Å². The number of carbonyl (C=O) groups is 1. The van der Waals surface area contributed by atoms with Gasteiger partial charge in [-0.15, -0.1) is 0 Å². The van der Waals surface area contributed by atoms with Crippen molar-refractivity contribution in [2.45, 2.75) is 44.7 Å².